The van der Waals surface area contributed by atoms with Crippen LogP contribution in [0.4, 0.5) is 13.2 Å². The number of benzene rings is 1. The first-order valence-electron chi connectivity index (χ1n) is 5.24. The first kappa shape index (κ1) is 13.5. The number of amides is 1. The Morgan fingerprint density at radius 3 is 2.12 bits per heavy atom. The maximum absolute atomic E-state index is 13.0. The summed E-state index contributed by atoms with van der Waals surface area (Å²) in [5.74, 6) is -1.32. The summed E-state index contributed by atoms with van der Waals surface area (Å²) in [6.07, 6.45) is -5.41. The van der Waals surface area contributed by atoms with Crippen molar-refractivity contribution in [2.24, 2.45) is 11.1 Å². The van der Waals surface area contributed by atoms with Gasteiger partial charge in [0.25, 0.3) is 0 Å². The molecule has 2 N–H and O–H groups in total. The van der Waals surface area contributed by atoms with Gasteiger partial charge in [-0.15, -0.1) is 0 Å². The second-order valence-corrected chi connectivity index (χ2v) is 3.96. The number of rotatable bonds is 4. The van der Waals surface area contributed by atoms with Crippen molar-refractivity contribution in [2.45, 2.75) is 25.9 Å². The summed E-state index contributed by atoms with van der Waals surface area (Å²) in [6.45, 7) is 1.32. The van der Waals surface area contributed by atoms with Crippen LogP contribution < -0.4 is 5.73 Å². The third-order valence-corrected chi connectivity index (χ3v) is 2.97. The van der Waals surface area contributed by atoms with Gasteiger partial charge in [0, 0.05) is 0 Å². The summed E-state index contributed by atoms with van der Waals surface area (Å²) in [6, 6.07) is 8.08. The molecule has 1 atom stereocenters. The fourth-order valence-electron chi connectivity index (χ4n) is 1.77. The van der Waals surface area contributed by atoms with Gasteiger partial charge in [-0.2, -0.15) is 13.2 Å². The molecule has 1 unspecified atom stereocenters. The molecule has 2 nitrogen and oxygen atoms in total. The minimum absolute atomic E-state index is 0.360. The maximum atomic E-state index is 13.0. The smallest absolute Gasteiger partial charge is 0.369 e. The van der Waals surface area contributed by atoms with Crippen LogP contribution in [0.15, 0.2) is 30.3 Å². The number of hydrogen-bond donors (Lipinski definition) is 1. The predicted molar refractivity (Wildman–Crippen MR) is 58.1 cm³/mol. The molecular formula is C12H14F3NO. The lowest BCUT2D eigenvalue weighted by molar-refractivity contribution is -0.221. The van der Waals surface area contributed by atoms with Gasteiger partial charge in [-0.1, -0.05) is 37.3 Å². The van der Waals surface area contributed by atoms with Gasteiger partial charge in [0.05, 0.1) is 0 Å². The van der Waals surface area contributed by atoms with Crippen LogP contribution in [-0.4, -0.2) is 12.1 Å². The topological polar surface area (TPSA) is 43.1 Å². The van der Waals surface area contributed by atoms with E-state index in [2.05, 4.69) is 0 Å². The Balaban J connectivity index is 3.13. The summed E-state index contributed by atoms with van der Waals surface area (Å²) in [5.41, 5.74) is 2.93. The van der Waals surface area contributed by atoms with Crippen LogP contribution in [0, 0.1) is 5.41 Å². The average molecular weight is 245 g/mol. The molecule has 0 aromatic heterocycles. The van der Waals surface area contributed by atoms with E-state index in [0.29, 0.717) is 5.56 Å². The number of carbonyl (C=O) groups excluding carboxylic acids is 1. The third kappa shape index (κ3) is 2.60. The van der Waals surface area contributed by atoms with Gasteiger partial charge in [-0.25, -0.2) is 0 Å². The normalized spacial score (nSPS) is 15.3. The minimum atomic E-state index is -4.64. The highest BCUT2D eigenvalue weighted by Crippen LogP contribution is 2.43. The van der Waals surface area contributed by atoms with Crippen LogP contribution >= 0.6 is 0 Å². The van der Waals surface area contributed by atoms with Gasteiger partial charge in [-0.05, 0) is 18.4 Å². The zero-order chi connectivity index (χ0) is 13.1. The molecule has 0 heterocycles. The maximum Gasteiger partial charge on any atom is 0.403 e. The molecule has 0 fully saturated rings. The number of primary amides is 1. The minimum Gasteiger partial charge on any atom is -0.369 e. The van der Waals surface area contributed by atoms with Gasteiger partial charge in [0.2, 0.25) is 5.91 Å². The Bertz CT molecular complexity index is 388. The van der Waals surface area contributed by atoms with Crippen molar-refractivity contribution >= 4 is 5.91 Å². The summed E-state index contributed by atoms with van der Waals surface area (Å²) in [5, 5.41) is 0. The van der Waals surface area contributed by atoms with Crippen molar-refractivity contribution in [1.29, 1.82) is 0 Å². The Hall–Kier alpha value is -1.52. The van der Waals surface area contributed by atoms with Gasteiger partial charge < -0.3 is 5.73 Å². The summed E-state index contributed by atoms with van der Waals surface area (Å²) < 4.78 is 39.0. The summed E-state index contributed by atoms with van der Waals surface area (Å²) in [7, 11) is 0. The van der Waals surface area contributed by atoms with Gasteiger partial charge >= 0.3 is 6.18 Å². The Morgan fingerprint density at radius 2 is 1.76 bits per heavy atom. The molecule has 0 spiro atoms. The quantitative estimate of drug-likeness (QED) is 0.870. The van der Waals surface area contributed by atoms with Crippen molar-refractivity contribution in [3.8, 4) is 0 Å². The van der Waals surface area contributed by atoms with Gasteiger partial charge in [0.15, 0.2) is 0 Å². The van der Waals surface area contributed by atoms with Gasteiger partial charge in [-0.3, -0.25) is 4.79 Å². The molecule has 0 aliphatic carbocycles. The van der Waals surface area contributed by atoms with E-state index in [1.165, 1.54) is 6.92 Å². The van der Waals surface area contributed by atoms with Crippen LogP contribution in [0.1, 0.15) is 18.9 Å². The molecule has 1 aromatic rings. The van der Waals surface area contributed by atoms with E-state index < -0.39 is 23.9 Å². The second kappa shape index (κ2) is 4.77. The third-order valence-electron chi connectivity index (χ3n) is 2.97. The van der Waals surface area contributed by atoms with Crippen molar-refractivity contribution < 1.29 is 18.0 Å². The molecule has 1 rings (SSSR count). The Labute approximate surface area is 97.6 Å². The molecule has 0 saturated heterocycles. The van der Waals surface area contributed by atoms with E-state index in [9.17, 15) is 18.0 Å². The fraction of sp³-hybridized carbons (Fsp3) is 0.417. The van der Waals surface area contributed by atoms with Crippen LogP contribution in [0.25, 0.3) is 0 Å². The SMILES string of the molecule is CCC(Cc1ccccc1)(C(N)=O)C(F)(F)F. The fourth-order valence-corrected chi connectivity index (χ4v) is 1.77. The largest absolute Gasteiger partial charge is 0.403 e. The van der Waals surface area contributed by atoms with E-state index >= 15 is 0 Å². The van der Waals surface area contributed by atoms with Crippen molar-refractivity contribution in [3.05, 3.63) is 35.9 Å². The molecular weight excluding hydrogens is 231 g/mol. The van der Waals surface area contributed by atoms with Crippen LogP contribution in [0.3, 0.4) is 0 Å². The first-order valence-corrected chi connectivity index (χ1v) is 5.24. The molecule has 1 aromatic carbocycles. The summed E-state index contributed by atoms with van der Waals surface area (Å²) in [4.78, 5) is 11.2. The van der Waals surface area contributed by atoms with Crippen LogP contribution in [0.2, 0.25) is 0 Å². The Morgan fingerprint density at radius 1 is 1.24 bits per heavy atom. The molecule has 0 radical (unpaired) electrons. The molecule has 17 heavy (non-hydrogen) atoms. The highest BCUT2D eigenvalue weighted by molar-refractivity contribution is 5.82. The van der Waals surface area contributed by atoms with Crippen LogP contribution in [0.5, 0.6) is 0 Å². The number of nitrogens with two attached hydrogens (primary N) is 1. The molecule has 0 saturated carbocycles. The number of hydrogen-bond acceptors (Lipinski definition) is 1. The first-order chi connectivity index (χ1) is 7.83. The van der Waals surface area contributed by atoms with Crippen molar-refractivity contribution in [3.63, 3.8) is 0 Å². The zero-order valence-electron chi connectivity index (χ0n) is 9.42. The van der Waals surface area contributed by atoms with E-state index in [1.54, 1.807) is 30.3 Å². The molecule has 5 heteroatoms. The van der Waals surface area contributed by atoms with Gasteiger partial charge in [0.1, 0.15) is 5.41 Å². The lowest BCUT2D eigenvalue weighted by atomic mass is 9.78. The Kier molecular flexibility index (Phi) is 3.80. The molecule has 1 amide bonds. The predicted octanol–water partition coefficient (Wildman–Crippen LogP) is 2.67. The molecule has 0 aliphatic heterocycles. The lowest BCUT2D eigenvalue weighted by Gasteiger charge is -2.31. The zero-order valence-corrected chi connectivity index (χ0v) is 9.42. The van der Waals surface area contributed by atoms with Crippen molar-refractivity contribution in [1.82, 2.24) is 0 Å². The highest BCUT2D eigenvalue weighted by Gasteiger charge is 2.57. The number of alkyl halides is 3. The van der Waals surface area contributed by atoms with E-state index in [-0.39, 0.29) is 6.42 Å². The van der Waals surface area contributed by atoms with Crippen LogP contribution in [-0.2, 0) is 11.2 Å². The average Bonchev–Trinajstić information content (AvgIpc) is 2.25. The second-order valence-electron chi connectivity index (χ2n) is 3.96. The summed E-state index contributed by atoms with van der Waals surface area (Å²) >= 11 is 0. The number of carbonyl (C=O) groups is 1. The van der Waals surface area contributed by atoms with E-state index in [0.717, 1.165) is 0 Å². The lowest BCUT2D eigenvalue weighted by Crippen LogP contribution is -2.50. The monoisotopic (exact) mass is 245 g/mol. The molecule has 0 aliphatic rings. The van der Waals surface area contributed by atoms with E-state index in [4.69, 9.17) is 5.73 Å². The highest BCUT2D eigenvalue weighted by atomic mass is 19.4. The molecule has 94 valence electrons. The number of halogens is 3. The van der Waals surface area contributed by atoms with Crippen molar-refractivity contribution in [2.75, 3.05) is 0 Å². The molecule has 0 bridgehead atoms. The standard InChI is InChI=1S/C12H14F3NO/c1-2-11(10(16)17,12(13,14)15)8-9-6-4-3-5-7-9/h3-7H,2,8H2,1H3,(H2,16,17). The van der Waals surface area contributed by atoms with E-state index in [1.807, 2.05) is 0 Å².